The summed E-state index contributed by atoms with van der Waals surface area (Å²) in [5, 5.41) is 10.8. The van der Waals surface area contributed by atoms with Crippen molar-refractivity contribution in [1.82, 2.24) is 19.7 Å². The molecule has 5 rings (SSSR count). The fourth-order valence-corrected chi connectivity index (χ4v) is 4.54. The van der Waals surface area contributed by atoms with E-state index in [1.165, 1.54) is 12.1 Å². The fraction of sp³-hybridized carbons (Fsp3) is 0.261. The van der Waals surface area contributed by atoms with Crippen LogP contribution in [0.3, 0.4) is 0 Å². The number of pyridine rings is 1. The normalized spacial score (nSPS) is 16.4. The van der Waals surface area contributed by atoms with Crippen molar-refractivity contribution in [3.63, 3.8) is 0 Å². The highest BCUT2D eigenvalue weighted by molar-refractivity contribution is 7.98. The van der Waals surface area contributed by atoms with Crippen molar-refractivity contribution in [2.75, 3.05) is 6.61 Å². The molecule has 0 spiro atoms. The van der Waals surface area contributed by atoms with E-state index in [1.807, 2.05) is 18.2 Å². The van der Waals surface area contributed by atoms with Crippen LogP contribution in [0.5, 0.6) is 0 Å². The zero-order valence-electron chi connectivity index (χ0n) is 16.4. The Morgan fingerprint density at radius 2 is 1.90 bits per heavy atom. The first-order valence-electron chi connectivity index (χ1n) is 10.0. The van der Waals surface area contributed by atoms with Crippen LogP contribution in [-0.4, -0.2) is 32.5 Å². The van der Waals surface area contributed by atoms with Gasteiger partial charge in [-0.05, 0) is 49.2 Å². The number of fused-ring (bicyclic) bond motifs is 1. The number of ether oxygens (including phenoxy) is 1. The standard InChI is InChI=1S/C23H21FN4OS/c24-18-10-7-17(8-11-18)22-26-27-23(28(22)14-20-5-3-13-29-20)30-15-19-12-9-16-4-1-2-6-21(16)25-19/h1-2,4,6-12,20H,3,5,13-15H2. The van der Waals surface area contributed by atoms with Crippen molar-refractivity contribution in [3.8, 4) is 11.4 Å². The van der Waals surface area contributed by atoms with Crippen LogP contribution in [0.2, 0.25) is 0 Å². The minimum atomic E-state index is -0.263. The van der Waals surface area contributed by atoms with Crippen LogP contribution >= 0.6 is 11.8 Å². The van der Waals surface area contributed by atoms with Gasteiger partial charge in [-0.3, -0.25) is 9.55 Å². The summed E-state index contributed by atoms with van der Waals surface area (Å²) in [6.07, 6.45) is 2.25. The third kappa shape index (κ3) is 4.08. The molecule has 3 heterocycles. The summed E-state index contributed by atoms with van der Waals surface area (Å²) in [5.74, 6) is 1.16. The van der Waals surface area contributed by atoms with Gasteiger partial charge in [-0.1, -0.05) is 36.0 Å². The first-order valence-corrected chi connectivity index (χ1v) is 11.0. The molecule has 0 aliphatic carbocycles. The predicted octanol–water partition coefficient (Wildman–Crippen LogP) is 5.10. The molecule has 2 aromatic heterocycles. The lowest BCUT2D eigenvalue weighted by Gasteiger charge is -2.14. The van der Waals surface area contributed by atoms with Gasteiger partial charge in [0.05, 0.1) is 23.9 Å². The monoisotopic (exact) mass is 420 g/mol. The summed E-state index contributed by atoms with van der Waals surface area (Å²) in [4.78, 5) is 4.75. The number of halogens is 1. The quantitative estimate of drug-likeness (QED) is 0.406. The second-order valence-electron chi connectivity index (χ2n) is 7.34. The van der Waals surface area contributed by atoms with Gasteiger partial charge >= 0.3 is 0 Å². The SMILES string of the molecule is Fc1ccc(-c2nnc(SCc3ccc4ccccc4n3)n2CC2CCCO2)cc1. The van der Waals surface area contributed by atoms with Crippen molar-refractivity contribution in [1.29, 1.82) is 0 Å². The fourth-order valence-electron chi connectivity index (χ4n) is 3.69. The number of hydrogen-bond donors (Lipinski definition) is 0. The number of para-hydroxylation sites is 1. The van der Waals surface area contributed by atoms with Gasteiger partial charge in [-0.15, -0.1) is 10.2 Å². The third-order valence-corrected chi connectivity index (χ3v) is 6.24. The third-order valence-electron chi connectivity index (χ3n) is 5.23. The second-order valence-corrected chi connectivity index (χ2v) is 8.29. The first kappa shape index (κ1) is 19.2. The van der Waals surface area contributed by atoms with E-state index in [0.29, 0.717) is 12.3 Å². The molecular formula is C23H21FN4OS. The Bertz CT molecular complexity index is 1160. The minimum absolute atomic E-state index is 0.151. The van der Waals surface area contributed by atoms with E-state index in [9.17, 15) is 4.39 Å². The number of hydrogen-bond acceptors (Lipinski definition) is 5. The molecule has 1 fully saturated rings. The van der Waals surface area contributed by atoms with E-state index >= 15 is 0 Å². The van der Waals surface area contributed by atoms with Crippen LogP contribution in [0.25, 0.3) is 22.3 Å². The molecule has 1 saturated heterocycles. The maximum absolute atomic E-state index is 13.4. The van der Waals surface area contributed by atoms with Crippen molar-refractivity contribution in [2.45, 2.75) is 36.4 Å². The van der Waals surface area contributed by atoms with Crippen LogP contribution in [0.4, 0.5) is 4.39 Å². The molecular weight excluding hydrogens is 399 g/mol. The molecule has 0 N–H and O–H groups in total. The van der Waals surface area contributed by atoms with Gasteiger partial charge in [0.2, 0.25) is 0 Å². The zero-order chi connectivity index (χ0) is 20.3. The highest BCUT2D eigenvalue weighted by Crippen LogP contribution is 2.28. The summed E-state index contributed by atoms with van der Waals surface area (Å²) in [6, 6.07) is 18.6. The van der Waals surface area contributed by atoms with Gasteiger partial charge in [0.15, 0.2) is 11.0 Å². The van der Waals surface area contributed by atoms with E-state index in [4.69, 9.17) is 9.72 Å². The number of rotatable bonds is 6. The summed E-state index contributed by atoms with van der Waals surface area (Å²) in [5.41, 5.74) is 2.83. The number of nitrogens with zero attached hydrogens (tertiary/aromatic N) is 4. The molecule has 4 aromatic rings. The largest absolute Gasteiger partial charge is 0.376 e. The zero-order valence-corrected chi connectivity index (χ0v) is 17.2. The lowest BCUT2D eigenvalue weighted by molar-refractivity contribution is 0.0953. The molecule has 0 bridgehead atoms. The van der Waals surface area contributed by atoms with Gasteiger partial charge in [-0.25, -0.2) is 4.39 Å². The van der Waals surface area contributed by atoms with E-state index in [0.717, 1.165) is 52.6 Å². The summed E-state index contributed by atoms with van der Waals surface area (Å²) >= 11 is 1.61. The smallest absolute Gasteiger partial charge is 0.191 e. The summed E-state index contributed by atoms with van der Waals surface area (Å²) < 4.78 is 21.3. The van der Waals surface area contributed by atoms with Crippen molar-refractivity contribution in [2.24, 2.45) is 0 Å². The van der Waals surface area contributed by atoms with Crippen LogP contribution in [0.15, 0.2) is 65.8 Å². The Morgan fingerprint density at radius 1 is 1.03 bits per heavy atom. The molecule has 7 heteroatoms. The lowest BCUT2D eigenvalue weighted by Crippen LogP contribution is -2.16. The Hall–Kier alpha value is -2.77. The average Bonchev–Trinajstić information content (AvgIpc) is 3.43. The molecule has 5 nitrogen and oxygen atoms in total. The maximum Gasteiger partial charge on any atom is 0.191 e. The van der Waals surface area contributed by atoms with Crippen LogP contribution in [0, 0.1) is 5.82 Å². The van der Waals surface area contributed by atoms with Crippen molar-refractivity contribution >= 4 is 22.7 Å². The second kappa shape index (κ2) is 8.53. The van der Waals surface area contributed by atoms with E-state index in [-0.39, 0.29) is 11.9 Å². The van der Waals surface area contributed by atoms with Gasteiger partial charge in [0.25, 0.3) is 0 Å². The van der Waals surface area contributed by atoms with Crippen LogP contribution < -0.4 is 0 Å². The molecule has 1 aliphatic heterocycles. The molecule has 1 unspecified atom stereocenters. The highest BCUT2D eigenvalue weighted by atomic mass is 32.2. The van der Waals surface area contributed by atoms with Gasteiger partial charge in [0.1, 0.15) is 5.82 Å². The lowest BCUT2D eigenvalue weighted by atomic mass is 10.2. The molecule has 0 saturated carbocycles. The van der Waals surface area contributed by atoms with Gasteiger partial charge in [-0.2, -0.15) is 0 Å². The molecule has 1 atom stereocenters. The van der Waals surface area contributed by atoms with Gasteiger partial charge < -0.3 is 4.74 Å². The van der Waals surface area contributed by atoms with Crippen molar-refractivity contribution < 1.29 is 9.13 Å². The Labute approximate surface area is 178 Å². The Morgan fingerprint density at radius 3 is 2.73 bits per heavy atom. The van der Waals surface area contributed by atoms with Gasteiger partial charge in [0, 0.05) is 23.3 Å². The average molecular weight is 421 g/mol. The number of aromatic nitrogens is 4. The molecule has 2 aromatic carbocycles. The highest BCUT2D eigenvalue weighted by Gasteiger charge is 2.22. The maximum atomic E-state index is 13.4. The molecule has 0 amide bonds. The Kier molecular flexibility index (Phi) is 5.46. The predicted molar refractivity (Wildman–Crippen MR) is 116 cm³/mol. The number of benzene rings is 2. The molecule has 1 aliphatic rings. The van der Waals surface area contributed by atoms with Crippen LogP contribution in [-0.2, 0) is 17.0 Å². The molecule has 30 heavy (non-hydrogen) atoms. The minimum Gasteiger partial charge on any atom is -0.376 e. The van der Waals surface area contributed by atoms with Crippen molar-refractivity contribution in [3.05, 3.63) is 72.2 Å². The molecule has 0 radical (unpaired) electrons. The molecule has 152 valence electrons. The summed E-state index contributed by atoms with van der Waals surface area (Å²) in [7, 11) is 0. The first-order chi connectivity index (χ1) is 14.8. The Balaban J connectivity index is 1.42. The van der Waals surface area contributed by atoms with E-state index < -0.39 is 0 Å². The van der Waals surface area contributed by atoms with E-state index in [2.05, 4.69) is 33.0 Å². The van der Waals surface area contributed by atoms with Crippen LogP contribution in [0.1, 0.15) is 18.5 Å². The number of thioether (sulfide) groups is 1. The van der Waals surface area contributed by atoms with E-state index in [1.54, 1.807) is 23.9 Å². The summed E-state index contributed by atoms with van der Waals surface area (Å²) in [6.45, 7) is 1.48. The topological polar surface area (TPSA) is 52.8 Å².